The Morgan fingerprint density at radius 2 is 1.92 bits per heavy atom. The van der Waals surface area contributed by atoms with Crippen LogP contribution in [0.1, 0.15) is 4.88 Å². The van der Waals surface area contributed by atoms with Crippen molar-refractivity contribution in [3.05, 3.63) is 21.9 Å². The number of hydrogen-bond donors (Lipinski definition) is 0. The van der Waals surface area contributed by atoms with Gasteiger partial charge in [-0.2, -0.15) is 4.39 Å². The van der Waals surface area contributed by atoms with Gasteiger partial charge in [0.1, 0.15) is 8.07 Å². The van der Waals surface area contributed by atoms with Crippen LogP contribution < -0.4 is 0 Å². The highest BCUT2D eigenvalue weighted by Gasteiger charge is 2.09. The molecule has 1 aromatic heterocycles. The zero-order chi connectivity index (χ0) is 10.1. The van der Waals surface area contributed by atoms with E-state index in [1.54, 1.807) is 0 Å². The maximum atomic E-state index is 12.5. The van der Waals surface area contributed by atoms with E-state index in [1.807, 2.05) is 0 Å². The smallest absolute Gasteiger partial charge is 0.203 e. The van der Waals surface area contributed by atoms with Crippen LogP contribution in [0.5, 0.6) is 0 Å². The lowest BCUT2D eigenvalue weighted by Crippen LogP contribution is -2.16. The van der Waals surface area contributed by atoms with Crippen LogP contribution in [0.15, 0.2) is 6.07 Å². The van der Waals surface area contributed by atoms with Crippen LogP contribution in [0.2, 0.25) is 19.6 Å². The molecule has 1 heterocycles. The minimum atomic E-state index is -1.45. The van der Waals surface area contributed by atoms with Crippen molar-refractivity contribution in [2.75, 3.05) is 0 Å². The van der Waals surface area contributed by atoms with Crippen molar-refractivity contribution in [2.45, 2.75) is 19.6 Å². The van der Waals surface area contributed by atoms with Gasteiger partial charge in [0, 0.05) is 6.07 Å². The van der Waals surface area contributed by atoms with E-state index in [0.717, 1.165) is 17.4 Å². The summed E-state index contributed by atoms with van der Waals surface area (Å²) in [6.07, 6.45) is 0. The van der Waals surface area contributed by atoms with Crippen molar-refractivity contribution in [1.82, 2.24) is 0 Å². The predicted octanol–water partition coefficient (Wildman–Crippen LogP) is 3.26. The molecule has 0 radical (unpaired) electrons. The zero-order valence-electron chi connectivity index (χ0n) is 7.74. The summed E-state index contributed by atoms with van der Waals surface area (Å²) in [4.78, 5) is 0.470. The molecule has 0 nitrogen and oxygen atoms in total. The molecule has 0 aromatic carbocycles. The number of halogens is 2. The highest BCUT2D eigenvalue weighted by molar-refractivity contribution is 7.11. The first-order chi connectivity index (χ1) is 5.88. The summed E-state index contributed by atoms with van der Waals surface area (Å²) in [5.41, 5.74) is 3.04. The lowest BCUT2D eigenvalue weighted by molar-refractivity contribution is 0.531. The highest BCUT2D eigenvalue weighted by atomic mass is 32.1. The largest absolute Gasteiger partial charge is 0.213 e. The van der Waals surface area contributed by atoms with Gasteiger partial charge in [0.15, 0.2) is 5.82 Å². The molecule has 1 aromatic rings. The van der Waals surface area contributed by atoms with Gasteiger partial charge in [-0.25, -0.2) is 4.39 Å². The molecule has 0 saturated heterocycles. The SMILES string of the molecule is C[Si](C)(C)C#Cc1cc(F)c(F)s1. The average Bonchev–Trinajstić information content (AvgIpc) is 2.27. The molecule has 0 fully saturated rings. The second-order valence-corrected chi connectivity index (χ2v) is 9.48. The zero-order valence-corrected chi connectivity index (χ0v) is 9.56. The van der Waals surface area contributed by atoms with E-state index in [1.165, 1.54) is 0 Å². The minimum Gasteiger partial charge on any atom is -0.203 e. The van der Waals surface area contributed by atoms with E-state index in [2.05, 4.69) is 31.1 Å². The second kappa shape index (κ2) is 3.60. The van der Waals surface area contributed by atoms with E-state index in [9.17, 15) is 8.78 Å². The van der Waals surface area contributed by atoms with E-state index < -0.39 is 19.0 Å². The Balaban J connectivity index is 2.91. The van der Waals surface area contributed by atoms with Gasteiger partial charge in [0.2, 0.25) is 5.13 Å². The second-order valence-electron chi connectivity index (χ2n) is 3.73. The molecule has 70 valence electrons. The Morgan fingerprint density at radius 3 is 2.31 bits per heavy atom. The molecule has 1 rings (SSSR count). The summed E-state index contributed by atoms with van der Waals surface area (Å²) in [6.45, 7) is 6.25. The third-order valence-corrected chi connectivity index (χ3v) is 2.89. The first-order valence-electron chi connectivity index (χ1n) is 3.86. The Labute approximate surface area is 81.6 Å². The van der Waals surface area contributed by atoms with Crippen molar-refractivity contribution in [1.29, 1.82) is 0 Å². The van der Waals surface area contributed by atoms with Crippen molar-refractivity contribution < 1.29 is 8.78 Å². The van der Waals surface area contributed by atoms with E-state index in [0.29, 0.717) is 4.88 Å². The number of hydrogen-bond acceptors (Lipinski definition) is 1. The summed E-state index contributed by atoms with van der Waals surface area (Å²) in [5.74, 6) is 2.00. The van der Waals surface area contributed by atoms with Gasteiger partial charge in [-0.05, 0) is 0 Å². The van der Waals surface area contributed by atoms with Gasteiger partial charge in [-0.3, -0.25) is 0 Å². The van der Waals surface area contributed by atoms with Gasteiger partial charge in [0.05, 0.1) is 4.88 Å². The molecule has 4 heteroatoms. The molecule has 13 heavy (non-hydrogen) atoms. The Bertz CT molecular complexity index is 346. The van der Waals surface area contributed by atoms with Crippen LogP contribution in [-0.4, -0.2) is 8.07 Å². The van der Waals surface area contributed by atoms with Crippen molar-refractivity contribution >= 4 is 19.4 Å². The fourth-order valence-corrected chi connectivity index (χ4v) is 1.87. The summed E-state index contributed by atoms with van der Waals surface area (Å²) < 4.78 is 25.1. The normalized spacial score (nSPS) is 10.8. The average molecular weight is 216 g/mol. The topological polar surface area (TPSA) is 0 Å². The summed E-state index contributed by atoms with van der Waals surface area (Å²) in [7, 11) is -1.45. The first kappa shape index (κ1) is 10.4. The molecule has 0 aliphatic carbocycles. The standard InChI is InChI=1S/C9H10F2SSi/c1-13(2,3)5-4-7-6-8(10)9(11)12-7/h6H,1-3H3. The van der Waals surface area contributed by atoms with Gasteiger partial charge < -0.3 is 0 Å². The first-order valence-corrected chi connectivity index (χ1v) is 8.18. The van der Waals surface area contributed by atoms with Gasteiger partial charge in [0.25, 0.3) is 0 Å². The van der Waals surface area contributed by atoms with Crippen LogP contribution in [0.3, 0.4) is 0 Å². The fraction of sp³-hybridized carbons (Fsp3) is 0.333. The third kappa shape index (κ3) is 3.29. The fourth-order valence-electron chi connectivity index (χ4n) is 0.657. The third-order valence-electron chi connectivity index (χ3n) is 1.21. The molecule has 0 atom stereocenters. The molecule has 0 saturated carbocycles. The highest BCUT2D eigenvalue weighted by Crippen LogP contribution is 2.18. The van der Waals surface area contributed by atoms with Gasteiger partial charge >= 0.3 is 0 Å². The molecule has 0 bridgehead atoms. The van der Waals surface area contributed by atoms with Crippen molar-refractivity contribution in [3.63, 3.8) is 0 Å². The van der Waals surface area contributed by atoms with E-state index in [-0.39, 0.29) is 0 Å². The summed E-state index contributed by atoms with van der Waals surface area (Å²) >= 11 is 0.762. The van der Waals surface area contributed by atoms with Crippen LogP contribution in [0.25, 0.3) is 0 Å². The van der Waals surface area contributed by atoms with E-state index >= 15 is 0 Å². The summed E-state index contributed by atoms with van der Waals surface area (Å²) in [5, 5.41) is -0.778. The minimum absolute atomic E-state index is 0.470. The molecular weight excluding hydrogens is 206 g/mol. The molecule has 0 N–H and O–H groups in total. The number of thiophene rings is 1. The molecule has 0 aliphatic rings. The van der Waals surface area contributed by atoms with Crippen LogP contribution in [0, 0.1) is 22.4 Å². The molecule has 0 amide bonds. The lowest BCUT2D eigenvalue weighted by Gasteiger charge is -2.02. The van der Waals surface area contributed by atoms with Crippen molar-refractivity contribution in [2.24, 2.45) is 0 Å². The van der Waals surface area contributed by atoms with Crippen LogP contribution in [-0.2, 0) is 0 Å². The molecule has 0 spiro atoms. The predicted molar refractivity (Wildman–Crippen MR) is 54.5 cm³/mol. The van der Waals surface area contributed by atoms with Crippen LogP contribution in [0.4, 0.5) is 8.78 Å². The number of rotatable bonds is 0. The maximum absolute atomic E-state index is 12.5. The lowest BCUT2D eigenvalue weighted by atomic mass is 10.5. The van der Waals surface area contributed by atoms with Gasteiger partial charge in [-0.15, -0.1) is 5.54 Å². The van der Waals surface area contributed by atoms with Crippen LogP contribution >= 0.6 is 11.3 Å². The molecule has 0 unspecified atom stereocenters. The Kier molecular flexibility index (Phi) is 2.89. The maximum Gasteiger partial charge on any atom is 0.213 e. The van der Waals surface area contributed by atoms with Crippen molar-refractivity contribution in [3.8, 4) is 11.5 Å². The molecule has 0 aliphatic heterocycles. The Morgan fingerprint density at radius 1 is 1.31 bits per heavy atom. The van der Waals surface area contributed by atoms with Gasteiger partial charge in [-0.1, -0.05) is 36.9 Å². The monoisotopic (exact) mass is 216 g/mol. The van der Waals surface area contributed by atoms with E-state index in [4.69, 9.17) is 0 Å². The molecular formula is C9H10F2SSi. The Hall–Kier alpha value is -0.663. The summed E-state index contributed by atoms with van der Waals surface area (Å²) in [6, 6.07) is 1.15. The quantitative estimate of drug-likeness (QED) is 0.461.